The molecule has 31 heavy (non-hydrogen) atoms. The predicted octanol–water partition coefficient (Wildman–Crippen LogP) is 3.28. The molecule has 2 heterocycles. The molecular weight excluding hydrogens is 412 g/mol. The fourth-order valence-corrected chi connectivity index (χ4v) is 4.52. The van der Waals surface area contributed by atoms with Crippen molar-refractivity contribution in [3.63, 3.8) is 0 Å². The number of aromatic nitrogens is 2. The van der Waals surface area contributed by atoms with Gasteiger partial charge in [0.05, 0.1) is 23.5 Å². The molecule has 7 heteroatoms. The molecule has 0 N–H and O–H groups in total. The average molecular weight is 439 g/mol. The Bertz CT molecular complexity index is 1130. The van der Waals surface area contributed by atoms with Gasteiger partial charge in [0.15, 0.2) is 0 Å². The number of halogens is 1. The first-order chi connectivity index (χ1) is 15.0. The number of hydrogen-bond donors (Lipinski definition) is 0. The van der Waals surface area contributed by atoms with Crippen LogP contribution in [0.1, 0.15) is 31.3 Å². The number of rotatable bonds is 5. The lowest BCUT2D eigenvalue weighted by Gasteiger charge is -2.42. The van der Waals surface area contributed by atoms with Gasteiger partial charge in [-0.15, -0.1) is 11.6 Å². The summed E-state index contributed by atoms with van der Waals surface area (Å²) in [4.78, 5) is 34.6. The van der Waals surface area contributed by atoms with Crippen LogP contribution in [-0.2, 0) is 11.3 Å². The number of piperazine rings is 1. The smallest absolute Gasteiger partial charge is 0.261 e. The third kappa shape index (κ3) is 4.36. The standard InChI is InChI=1S/C24H27ClN4O2/c1-17-15-27(12-13-28(17)22(30)14-25)18(2)23-26-21-11-7-6-10-20(21)24(31)29(23)16-19-8-4-3-5-9-19/h3-11,17-18H,12-16H2,1-2H3. The average Bonchev–Trinajstić information content (AvgIpc) is 2.80. The summed E-state index contributed by atoms with van der Waals surface area (Å²) in [6, 6.07) is 17.5. The molecule has 0 saturated carbocycles. The minimum absolute atomic E-state index is 0.00272. The third-order valence-electron chi connectivity index (χ3n) is 6.09. The van der Waals surface area contributed by atoms with E-state index < -0.39 is 0 Å². The van der Waals surface area contributed by atoms with E-state index in [9.17, 15) is 9.59 Å². The molecule has 2 atom stereocenters. The number of fused-ring (bicyclic) bond motifs is 1. The van der Waals surface area contributed by atoms with Crippen LogP contribution in [0.4, 0.5) is 0 Å². The first kappa shape index (κ1) is 21.5. The van der Waals surface area contributed by atoms with Gasteiger partial charge >= 0.3 is 0 Å². The molecule has 1 amide bonds. The van der Waals surface area contributed by atoms with Gasteiger partial charge in [0.1, 0.15) is 11.7 Å². The summed E-state index contributed by atoms with van der Waals surface area (Å²) in [5.41, 5.74) is 1.74. The molecular formula is C24H27ClN4O2. The summed E-state index contributed by atoms with van der Waals surface area (Å²) < 4.78 is 1.79. The summed E-state index contributed by atoms with van der Waals surface area (Å²) in [5, 5.41) is 0.625. The second-order valence-electron chi connectivity index (χ2n) is 8.10. The Hall–Kier alpha value is -2.70. The topological polar surface area (TPSA) is 58.4 Å². The Morgan fingerprint density at radius 1 is 1.13 bits per heavy atom. The molecule has 0 spiro atoms. The summed E-state index contributed by atoms with van der Waals surface area (Å²) >= 11 is 5.76. The van der Waals surface area contributed by atoms with Gasteiger partial charge in [0.25, 0.3) is 5.56 Å². The number of carbonyl (C=O) groups is 1. The fourth-order valence-electron chi connectivity index (χ4n) is 4.37. The van der Waals surface area contributed by atoms with E-state index in [1.165, 1.54) is 0 Å². The number of hydrogen-bond acceptors (Lipinski definition) is 4. The number of benzene rings is 2. The second-order valence-corrected chi connectivity index (χ2v) is 8.37. The lowest BCUT2D eigenvalue weighted by Crippen LogP contribution is -2.55. The molecule has 1 aliphatic heterocycles. The van der Waals surface area contributed by atoms with Crippen molar-refractivity contribution in [2.24, 2.45) is 0 Å². The van der Waals surface area contributed by atoms with Crippen LogP contribution in [0.15, 0.2) is 59.4 Å². The van der Waals surface area contributed by atoms with Crippen molar-refractivity contribution in [2.45, 2.75) is 32.5 Å². The largest absolute Gasteiger partial charge is 0.336 e. The highest BCUT2D eigenvalue weighted by Gasteiger charge is 2.31. The molecule has 0 bridgehead atoms. The zero-order valence-electron chi connectivity index (χ0n) is 17.9. The van der Waals surface area contributed by atoms with Gasteiger partial charge in [-0.3, -0.25) is 19.1 Å². The second kappa shape index (κ2) is 9.20. The number of nitrogens with zero attached hydrogens (tertiary/aromatic N) is 4. The molecule has 4 rings (SSSR count). The van der Waals surface area contributed by atoms with E-state index >= 15 is 0 Å². The van der Waals surface area contributed by atoms with Crippen molar-refractivity contribution in [3.05, 3.63) is 76.3 Å². The Balaban J connectivity index is 1.71. The van der Waals surface area contributed by atoms with Gasteiger partial charge in [0, 0.05) is 25.7 Å². The molecule has 3 aromatic rings. The van der Waals surface area contributed by atoms with Crippen molar-refractivity contribution < 1.29 is 4.79 Å². The zero-order chi connectivity index (χ0) is 22.0. The maximum atomic E-state index is 13.4. The highest BCUT2D eigenvalue weighted by atomic mass is 35.5. The van der Waals surface area contributed by atoms with Crippen molar-refractivity contribution in [1.29, 1.82) is 0 Å². The van der Waals surface area contributed by atoms with E-state index in [4.69, 9.17) is 16.6 Å². The summed E-state index contributed by atoms with van der Waals surface area (Å²) in [6.07, 6.45) is 0. The highest BCUT2D eigenvalue weighted by molar-refractivity contribution is 6.27. The number of carbonyl (C=O) groups excluding carboxylic acids is 1. The maximum Gasteiger partial charge on any atom is 0.261 e. The Morgan fingerprint density at radius 2 is 1.84 bits per heavy atom. The lowest BCUT2D eigenvalue weighted by molar-refractivity contribution is -0.133. The van der Waals surface area contributed by atoms with Gasteiger partial charge in [-0.25, -0.2) is 4.98 Å². The number of amides is 1. The van der Waals surface area contributed by atoms with Crippen molar-refractivity contribution >= 4 is 28.4 Å². The van der Waals surface area contributed by atoms with Crippen LogP contribution in [0, 0.1) is 0 Å². The molecule has 0 aliphatic carbocycles. The molecule has 1 saturated heterocycles. The van der Waals surface area contributed by atoms with Crippen LogP contribution in [-0.4, -0.2) is 56.8 Å². The van der Waals surface area contributed by atoms with E-state index in [0.29, 0.717) is 37.1 Å². The van der Waals surface area contributed by atoms with Crippen LogP contribution < -0.4 is 5.56 Å². The monoisotopic (exact) mass is 438 g/mol. The van der Waals surface area contributed by atoms with E-state index in [-0.39, 0.29) is 29.4 Å². The molecule has 2 aromatic carbocycles. The molecule has 6 nitrogen and oxygen atoms in total. The molecule has 1 fully saturated rings. The number of alkyl halides is 1. The zero-order valence-corrected chi connectivity index (χ0v) is 18.6. The molecule has 2 unspecified atom stereocenters. The van der Waals surface area contributed by atoms with Crippen LogP contribution in [0.2, 0.25) is 0 Å². The summed E-state index contributed by atoms with van der Waals surface area (Å²) in [5.74, 6) is 0.714. The van der Waals surface area contributed by atoms with Gasteiger partial charge in [0.2, 0.25) is 5.91 Å². The van der Waals surface area contributed by atoms with Gasteiger partial charge in [-0.2, -0.15) is 0 Å². The molecule has 1 aliphatic rings. The van der Waals surface area contributed by atoms with Gasteiger partial charge in [-0.05, 0) is 31.5 Å². The quantitative estimate of drug-likeness (QED) is 0.573. The maximum absolute atomic E-state index is 13.4. The van der Waals surface area contributed by atoms with Crippen molar-refractivity contribution in [1.82, 2.24) is 19.4 Å². The van der Waals surface area contributed by atoms with Crippen LogP contribution in [0.25, 0.3) is 10.9 Å². The first-order valence-corrected chi connectivity index (χ1v) is 11.2. The lowest BCUT2D eigenvalue weighted by atomic mass is 10.1. The Kier molecular flexibility index (Phi) is 6.39. The van der Waals surface area contributed by atoms with Crippen molar-refractivity contribution in [3.8, 4) is 0 Å². The summed E-state index contributed by atoms with van der Waals surface area (Å²) in [7, 11) is 0. The Labute approximate surface area is 187 Å². The highest BCUT2D eigenvalue weighted by Crippen LogP contribution is 2.24. The Morgan fingerprint density at radius 3 is 2.55 bits per heavy atom. The van der Waals surface area contributed by atoms with E-state index in [1.807, 2.05) is 66.4 Å². The van der Waals surface area contributed by atoms with Crippen LogP contribution in [0.3, 0.4) is 0 Å². The fraction of sp³-hybridized carbons (Fsp3) is 0.375. The normalized spacial score (nSPS) is 18.3. The van der Waals surface area contributed by atoms with Crippen LogP contribution >= 0.6 is 11.6 Å². The molecule has 162 valence electrons. The SMILES string of the molecule is CC(c1nc2ccccc2c(=O)n1Cc1ccccc1)N1CCN(C(=O)CCl)C(C)C1. The molecule has 0 radical (unpaired) electrons. The minimum atomic E-state index is -0.0725. The van der Waals surface area contributed by atoms with Gasteiger partial charge < -0.3 is 4.90 Å². The minimum Gasteiger partial charge on any atom is -0.336 e. The van der Waals surface area contributed by atoms with Crippen molar-refractivity contribution in [2.75, 3.05) is 25.5 Å². The van der Waals surface area contributed by atoms with E-state index in [2.05, 4.69) is 11.8 Å². The van der Waals surface area contributed by atoms with E-state index in [1.54, 1.807) is 4.57 Å². The third-order valence-corrected chi connectivity index (χ3v) is 6.32. The van der Waals surface area contributed by atoms with E-state index in [0.717, 1.165) is 11.4 Å². The van der Waals surface area contributed by atoms with Crippen LogP contribution in [0.5, 0.6) is 0 Å². The molecule has 1 aromatic heterocycles. The number of para-hydroxylation sites is 1. The predicted molar refractivity (Wildman–Crippen MR) is 123 cm³/mol. The van der Waals surface area contributed by atoms with Gasteiger partial charge in [-0.1, -0.05) is 42.5 Å². The first-order valence-electron chi connectivity index (χ1n) is 10.6. The summed E-state index contributed by atoms with van der Waals surface area (Å²) in [6.45, 7) is 6.63.